The highest BCUT2D eigenvalue weighted by Gasteiger charge is 2.43. The van der Waals surface area contributed by atoms with Crippen LogP contribution in [0.1, 0.15) is 175 Å². The number of aromatic amines is 1. The Morgan fingerprint density at radius 2 is 1.08 bits per heavy atom. The number of unbranched alkanes of at least 4 members (excludes halogenated alkanes) is 13. The molecule has 3 aliphatic rings. The molecule has 2 aromatic rings. The average Bonchev–Trinajstić information content (AvgIpc) is 1.80. The summed E-state index contributed by atoms with van der Waals surface area (Å²) in [5, 5.41) is 51.7. The number of amides is 11. The molecule has 0 spiro atoms. The van der Waals surface area contributed by atoms with E-state index < -0.39 is 186 Å². The topological polar surface area (TPSA) is 459 Å². The first kappa shape index (κ1) is 79.4. The summed E-state index contributed by atoms with van der Waals surface area (Å²) in [6.45, 7) is 3.08. The fraction of sp³-hybridized carbons (Fsp3) is 0.677. The summed E-state index contributed by atoms with van der Waals surface area (Å²) >= 11 is 0. The first-order valence-electron chi connectivity index (χ1n) is 34.1. The van der Waals surface area contributed by atoms with Crippen LogP contribution in [0.2, 0.25) is 0 Å². The predicted octanol–water partition coefficient (Wildman–Crippen LogP) is 0.130. The van der Waals surface area contributed by atoms with Crippen molar-refractivity contribution in [3.8, 4) is 0 Å². The lowest BCUT2D eigenvalue weighted by Crippen LogP contribution is -2.63. The number of aromatic nitrogens is 1. The minimum absolute atomic E-state index is 0.00303. The molecule has 14 N–H and O–H groups in total. The van der Waals surface area contributed by atoms with E-state index in [2.05, 4.69) is 64.5 Å². The number of H-pyrrole nitrogens is 1. The molecule has 0 radical (unpaired) electrons. The van der Waals surface area contributed by atoms with Crippen LogP contribution in [-0.4, -0.2) is 215 Å². The Morgan fingerprint density at radius 3 is 1.63 bits per heavy atom. The molecule has 0 saturated carbocycles. The number of carbonyl (C=O) groups is 13. The molecule has 540 valence electrons. The Bertz CT molecular complexity index is 3160. The zero-order valence-corrected chi connectivity index (χ0v) is 57.0. The summed E-state index contributed by atoms with van der Waals surface area (Å²) in [6, 6.07) is -5.66. The van der Waals surface area contributed by atoms with Gasteiger partial charge in [0.05, 0.1) is 44.3 Å². The molecule has 5 rings (SSSR count). The molecule has 4 heterocycles. The number of aliphatic hydroxyl groups is 1. The second kappa shape index (κ2) is 40.5. The van der Waals surface area contributed by atoms with Crippen LogP contribution in [0.25, 0.3) is 10.9 Å². The van der Waals surface area contributed by atoms with Gasteiger partial charge in [-0.3, -0.25) is 62.3 Å². The molecule has 3 saturated heterocycles. The highest BCUT2D eigenvalue weighted by Crippen LogP contribution is 2.25. The second-order valence-corrected chi connectivity index (χ2v) is 27.3. The quantitative estimate of drug-likeness (QED) is 0.0504. The van der Waals surface area contributed by atoms with E-state index in [0.717, 1.165) is 43.9 Å². The number of fused-ring (bicyclic) bond motifs is 3. The van der Waals surface area contributed by atoms with Crippen molar-refractivity contribution in [1.82, 2.24) is 67.4 Å². The first-order valence-corrected chi connectivity index (χ1v) is 35.8. The number of nitrogens with one attached hydrogen (secondary N) is 11. The molecular formula is C65H101N13O18S. The van der Waals surface area contributed by atoms with Gasteiger partial charge in [0.25, 0.3) is 0 Å². The van der Waals surface area contributed by atoms with Gasteiger partial charge in [-0.1, -0.05) is 129 Å². The molecule has 11 amide bonds. The Hall–Kier alpha value is -8.26. The number of carboxylic acid groups (broad SMARTS) is 2. The number of sulfonamides is 1. The Kier molecular flexibility index (Phi) is 33.1. The number of hydrogen-bond donors (Lipinski definition) is 14. The fourth-order valence-electron chi connectivity index (χ4n) is 12.1. The first-order chi connectivity index (χ1) is 46.2. The van der Waals surface area contributed by atoms with Crippen molar-refractivity contribution < 1.29 is 86.1 Å². The van der Waals surface area contributed by atoms with E-state index in [4.69, 9.17) is 0 Å². The van der Waals surface area contributed by atoms with Crippen LogP contribution in [0.3, 0.4) is 0 Å². The number of hydrogen-bond acceptors (Lipinski definition) is 16. The van der Waals surface area contributed by atoms with Crippen LogP contribution in [0.15, 0.2) is 30.5 Å². The molecular weight excluding hydrogens is 1280 g/mol. The standard InChI is InChI=1S/C65H101N13O18S/c1-5-7-8-9-10-11-12-13-14-15-16-17-18-23-31-97(95,96)76-47(32-42-35-66-44-26-20-19-25-43(42)44)60(89)73-48-36-67-61(90)50-28-24-30-78(50)65(94)56(40(3)6-2)75-63(92)57(41(4)79)74-53(82)39-69-59(88)46(34-55(85)86)71-51(80)37-68-58(87)45(33-54(83)84)72-52(81)38-70-62(91)49-27-21-22-29-77(49)64(48)93/h19-20,25-26,35,40-41,45-50,56-57,66,76,79H,5-18,21-24,27-34,36-39H2,1-4H3,(H,67,90)(H,68,87)(H,69,88)(H,70,91)(H,71,80)(H,72,81)(H,73,89)(H,74,82)(H,75,92)(H,83,84)(H,85,86)/t40-,41-,45+,46+,47+,48+,49+,50+,56+,57+/m1/s1. The van der Waals surface area contributed by atoms with Crippen LogP contribution in [0.4, 0.5) is 0 Å². The molecule has 1 aromatic heterocycles. The van der Waals surface area contributed by atoms with E-state index in [0.29, 0.717) is 42.1 Å². The highest BCUT2D eigenvalue weighted by molar-refractivity contribution is 7.89. The lowest BCUT2D eigenvalue weighted by Gasteiger charge is -2.37. The zero-order chi connectivity index (χ0) is 71.2. The van der Waals surface area contributed by atoms with Crippen molar-refractivity contribution in [1.29, 1.82) is 0 Å². The molecule has 32 heteroatoms. The molecule has 97 heavy (non-hydrogen) atoms. The summed E-state index contributed by atoms with van der Waals surface area (Å²) in [6.07, 6.45) is 13.7. The van der Waals surface area contributed by atoms with E-state index in [1.54, 1.807) is 44.3 Å². The van der Waals surface area contributed by atoms with Crippen LogP contribution < -0.4 is 52.6 Å². The number of benzene rings is 1. The van der Waals surface area contributed by atoms with E-state index in [1.807, 2.05) is 0 Å². The van der Waals surface area contributed by atoms with E-state index in [-0.39, 0.29) is 50.9 Å². The van der Waals surface area contributed by atoms with Gasteiger partial charge in [0, 0.05) is 36.7 Å². The van der Waals surface area contributed by atoms with Gasteiger partial charge in [-0.2, -0.15) is 0 Å². The molecule has 1 aromatic carbocycles. The molecule has 31 nitrogen and oxygen atoms in total. The molecule has 0 aliphatic carbocycles. The number of carboxylic acids is 2. The van der Waals surface area contributed by atoms with Gasteiger partial charge < -0.3 is 78.0 Å². The number of rotatable bonds is 28. The van der Waals surface area contributed by atoms with Gasteiger partial charge >= 0.3 is 11.9 Å². The number of aliphatic hydroxyl groups excluding tert-OH is 1. The van der Waals surface area contributed by atoms with E-state index in [1.165, 1.54) is 49.8 Å². The Balaban J connectivity index is 1.46. The Morgan fingerprint density at radius 1 is 0.588 bits per heavy atom. The largest absolute Gasteiger partial charge is 0.481 e. The summed E-state index contributed by atoms with van der Waals surface area (Å²) in [5.41, 5.74) is 1.24. The summed E-state index contributed by atoms with van der Waals surface area (Å²) < 4.78 is 30.7. The lowest BCUT2D eigenvalue weighted by atomic mass is 9.96. The van der Waals surface area contributed by atoms with Gasteiger partial charge in [0.2, 0.25) is 75.0 Å². The number of aliphatic carboxylic acids is 2. The van der Waals surface area contributed by atoms with Crippen molar-refractivity contribution in [2.24, 2.45) is 5.92 Å². The summed E-state index contributed by atoms with van der Waals surface area (Å²) in [7, 11) is -4.19. The van der Waals surface area contributed by atoms with Crippen molar-refractivity contribution in [2.45, 2.75) is 230 Å². The van der Waals surface area contributed by atoms with Crippen molar-refractivity contribution in [2.75, 3.05) is 45.0 Å². The number of nitrogens with zero attached hydrogens (tertiary/aromatic N) is 2. The molecule has 3 fully saturated rings. The number of para-hydroxylation sites is 1. The summed E-state index contributed by atoms with van der Waals surface area (Å²) in [5.74, 6) is -15.4. The van der Waals surface area contributed by atoms with Gasteiger partial charge in [-0.15, -0.1) is 0 Å². The average molecular weight is 1380 g/mol. The van der Waals surface area contributed by atoms with Crippen LogP contribution in [0, 0.1) is 5.92 Å². The third-order valence-corrected chi connectivity index (χ3v) is 19.2. The van der Waals surface area contributed by atoms with Gasteiger partial charge in [0.1, 0.15) is 48.3 Å². The summed E-state index contributed by atoms with van der Waals surface area (Å²) in [4.78, 5) is 183. The highest BCUT2D eigenvalue weighted by atomic mass is 32.2. The maximum atomic E-state index is 15.2. The maximum absolute atomic E-state index is 15.2. The third kappa shape index (κ3) is 26.3. The molecule has 0 unspecified atom stereocenters. The SMILES string of the molecule is CCCCCCCCCCCCCCCCS(=O)(=O)N[C@@H](Cc1c[nH]c2ccccc12)C(=O)N[C@H]1CNC(=O)[C@@H]2CCCN2C(=O)[C@H]([C@H](C)CC)NC(=O)[C@H]([C@@H](C)O)NC(=O)CNC(=O)[C@H](CC(=O)O)NC(=O)CNC(=O)[C@H](CC(=O)O)NC(=O)CNC(=O)[C@@H]2CCCCN2C1=O. The molecule has 10 atom stereocenters. The van der Waals surface area contributed by atoms with Crippen molar-refractivity contribution in [3.05, 3.63) is 36.0 Å². The van der Waals surface area contributed by atoms with Gasteiger partial charge in [-0.05, 0) is 69.4 Å². The normalized spacial score (nSPS) is 23.1. The monoisotopic (exact) mass is 1380 g/mol. The molecule has 3 aliphatic heterocycles. The maximum Gasteiger partial charge on any atom is 0.305 e. The third-order valence-electron chi connectivity index (χ3n) is 17.7. The second-order valence-electron chi connectivity index (χ2n) is 25.4. The van der Waals surface area contributed by atoms with Crippen LogP contribution >= 0.6 is 0 Å². The lowest BCUT2D eigenvalue weighted by molar-refractivity contribution is -0.146. The van der Waals surface area contributed by atoms with Crippen LogP contribution in [-0.2, 0) is 78.8 Å². The van der Waals surface area contributed by atoms with Crippen molar-refractivity contribution >= 4 is 97.8 Å². The smallest absolute Gasteiger partial charge is 0.305 e. The van der Waals surface area contributed by atoms with E-state index >= 15 is 9.59 Å². The van der Waals surface area contributed by atoms with Crippen molar-refractivity contribution in [3.63, 3.8) is 0 Å². The van der Waals surface area contributed by atoms with E-state index in [9.17, 15) is 76.5 Å². The van der Waals surface area contributed by atoms with Crippen LogP contribution in [0.5, 0.6) is 0 Å². The Labute approximate surface area is 565 Å². The minimum Gasteiger partial charge on any atom is -0.481 e. The fourth-order valence-corrected chi connectivity index (χ4v) is 13.4. The van der Waals surface area contributed by atoms with Gasteiger partial charge in [-0.25, -0.2) is 13.1 Å². The number of carbonyl (C=O) groups excluding carboxylic acids is 11. The van der Waals surface area contributed by atoms with Gasteiger partial charge in [0.15, 0.2) is 0 Å². The molecule has 0 bridgehead atoms. The predicted molar refractivity (Wildman–Crippen MR) is 354 cm³/mol. The zero-order valence-electron chi connectivity index (χ0n) is 56.1. The number of piperidine rings is 1. The minimum atomic E-state index is -4.19.